The van der Waals surface area contributed by atoms with E-state index >= 15 is 0 Å². The molecule has 1 nitrogen and oxygen atoms in total. The van der Waals surface area contributed by atoms with Gasteiger partial charge in [0.05, 0.1) is 0 Å². The van der Waals surface area contributed by atoms with Gasteiger partial charge in [0.25, 0.3) is 0 Å². The SMILES string of the molecule is Cc1ccc(CNC2CCC(Cl)CC2)cc1C. The van der Waals surface area contributed by atoms with Crippen LogP contribution in [0.1, 0.15) is 42.4 Å². The van der Waals surface area contributed by atoms with Crippen LogP contribution in [0.2, 0.25) is 0 Å². The number of benzene rings is 1. The van der Waals surface area contributed by atoms with Crippen LogP contribution in [0.4, 0.5) is 0 Å². The molecule has 0 heterocycles. The van der Waals surface area contributed by atoms with E-state index in [1.807, 2.05) is 0 Å². The molecule has 17 heavy (non-hydrogen) atoms. The van der Waals surface area contributed by atoms with Crippen LogP contribution in [-0.2, 0) is 6.54 Å². The minimum absolute atomic E-state index is 0.412. The summed E-state index contributed by atoms with van der Waals surface area (Å²) in [6.45, 7) is 5.32. The van der Waals surface area contributed by atoms with Crippen LogP contribution in [-0.4, -0.2) is 11.4 Å². The van der Waals surface area contributed by atoms with Gasteiger partial charge in [-0.15, -0.1) is 11.6 Å². The van der Waals surface area contributed by atoms with E-state index < -0.39 is 0 Å². The highest BCUT2D eigenvalue weighted by Crippen LogP contribution is 2.23. The first kappa shape index (κ1) is 12.9. The minimum Gasteiger partial charge on any atom is -0.310 e. The van der Waals surface area contributed by atoms with E-state index in [-0.39, 0.29) is 0 Å². The van der Waals surface area contributed by atoms with Crippen molar-refractivity contribution in [3.63, 3.8) is 0 Å². The second-order valence-electron chi connectivity index (χ2n) is 5.25. The smallest absolute Gasteiger partial charge is 0.0337 e. The Bertz CT molecular complexity index is 367. The molecule has 1 saturated carbocycles. The summed E-state index contributed by atoms with van der Waals surface area (Å²) in [4.78, 5) is 0. The standard InChI is InChI=1S/C15H22ClN/c1-11-3-4-13(9-12(11)2)10-17-15-7-5-14(16)6-8-15/h3-4,9,14-15,17H,5-8,10H2,1-2H3. The van der Waals surface area contributed by atoms with Crippen LogP contribution >= 0.6 is 11.6 Å². The van der Waals surface area contributed by atoms with Crippen molar-refractivity contribution in [1.29, 1.82) is 0 Å². The molecule has 1 aliphatic carbocycles. The minimum atomic E-state index is 0.412. The van der Waals surface area contributed by atoms with Gasteiger partial charge in [0, 0.05) is 18.0 Å². The fraction of sp³-hybridized carbons (Fsp3) is 0.600. The zero-order valence-corrected chi connectivity index (χ0v) is 11.6. The topological polar surface area (TPSA) is 12.0 Å². The molecule has 2 rings (SSSR count). The number of alkyl halides is 1. The van der Waals surface area contributed by atoms with Crippen LogP contribution in [0, 0.1) is 13.8 Å². The fourth-order valence-electron chi connectivity index (χ4n) is 2.43. The zero-order valence-electron chi connectivity index (χ0n) is 10.8. The normalized spacial score (nSPS) is 24.9. The van der Waals surface area contributed by atoms with E-state index in [1.54, 1.807) is 0 Å². The lowest BCUT2D eigenvalue weighted by atomic mass is 9.95. The van der Waals surface area contributed by atoms with E-state index in [4.69, 9.17) is 11.6 Å². The number of hydrogen-bond acceptors (Lipinski definition) is 1. The Morgan fingerprint density at radius 2 is 1.82 bits per heavy atom. The largest absolute Gasteiger partial charge is 0.310 e. The predicted octanol–water partition coefficient (Wildman–Crippen LogP) is 3.94. The lowest BCUT2D eigenvalue weighted by Crippen LogP contribution is -2.32. The maximum atomic E-state index is 6.11. The maximum absolute atomic E-state index is 6.11. The van der Waals surface area contributed by atoms with Gasteiger partial charge < -0.3 is 5.32 Å². The van der Waals surface area contributed by atoms with Crippen molar-refractivity contribution in [1.82, 2.24) is 5.32 Å². The summed E-state index contributed by atoms with van der Waals surface area (Å²) in [5.41, 5.74) is 4.14. The number of rotatable bonds is 3. The average molecular weight is 252 g/mol. The Hall–Kier alpha value is -0.530. The summed E-state index contributed by atoms with van der Waals surface area (Å²) < 4.78 is 0. The van der Waals surface area contributed by atoms with Gasteiger partial charge in [-0.3, -0.25) is 0 Å². The van der Waals surface area contributed by atoms with Crippen LogP contribution in [0.15, 0.2) is 18.2 Å². The third kappa shape index (κ3) is 3.72. The molecule has 1 aliphatic rings. The van der Waals surface area contributed by atoms with E-state index in [0.717, 1.165) is 19.4 Å². The van der Waals surface area contributed by atoms with Crippen LogP contribution in [0.5, 0.6) is 0 Å². The third-order valence-corrected chi connectivity index (χ3v) is 4.26. The van der Waals surface area contributed by atoms with E-state index in [9.17, 15) is 0 Å². The molecule has 1 N–H and O–H groups in total. The molecule has 1 aromatic rings. The van der Waals surface area contributed by atoms with Crippen LogP contribution in [0.3, 0.4) is 0 Å². The summed E-state index contributed by atoms with van der Waals surface area (Å²) in [5.74, 6) is 0. The van der Waals surface area contributed by atoms with Crippen molar-refractivity contribution < 1.29 is 0 Å². The van der Waals surface area contributed by atoms with Gasteiger partial charge in [-0.25, -0.2) is 0 Å². The second-order valence-corrected chi connectivity index (χ2v) is 5.87. The number of halogens is 1. The van der Waals surface area contributed by atoms with Gasteiger partial charge in [0.2, 0.25) is 0 Å². The average Bonchev–Trinajstić information content (AvgIpc) is 2.33. The van der Waals surface area contributed by atoms with Gasteiger partial charge in [-0.2, -0.15) is 0 Å². The number of nitrogens with one attached hydrogen (secondary N) is 1. The van der Waals surface area contributed by atoms with Crippen LogP contribution in [0.25, 0.3) is 0 Å². The Kier molecular flexibility index (Phi) is 4.47. The summed E-state index contributed by atoms with van der Waals surface area (Å²) in [7, 11) is 0. The molecule has 0 aliphatic heterocycles. The van der Waals surface area contributed by atoms with Crippen molar-refractivity contribution in [2.45, 2.75) is 57.5 Å². The quantitative estimate of drug-likeness (QED) is 0.803. The van der Waals surface area contributed by atoms with E-state index in [1.165, 1.54) is 29.5 Å². The highest BCUT2D eigenvalue weighted by atomic mass is 35.5. The molecule has 0 amide bonds. The second kappa shape index (κ2) is 5.88. The molecule has 0 spiro atoms. The first-order valence-corrected chi connectivity index (χ1v) is 7.02. The van der Waals surface area contributed by atoms with Crippen molar-refractivity contribution in [3.8, 4) is 0 Å². The maximum Gasteiger partial charge on any atom is 0.0337 e. The summed E-state index contributed by atoms with van der Waals surface area (Å²) >= 11 is 6.11. The van der Waals surface area contributed by atoms with E-state index in [2.05, 4.69) is 37.4 Å². The molecule has 94 valence electrons. The van der Waals surface area contributed by atoms with Crippen molar-refractivity contribution >= 4 is 11.6 Å². The third-order valence-electron chi connectivity index (χ3n) is 3.82. The monoisotopic (exact) mass is 251 g/mol. The van der Waals surface area contributed by atoms with Crippen molar-refractivity contribution in [2.75, 3.05) is 0 Å². The van der Waals surface area contributed by atoms with Gasteiger partial charge in [0.15, 0.2) is 0 Å². The molecule has 1 aromatic carbocycles. The Morgan fingerprint density at radius 1 is 1.12 bits per heavy atom. The summed E-state index contributed by atoms with van der Waals surface area (Å²) in [6, 6.07) is 7.38. The Balaban J connectivity index is 1.83. The highest BCUT2D eigenvalue weighted by Gasteiger charge is 2.18. The lowest BCUT2D eigenvalue weighted by Gasteiger charge is -2.26. The number of hydrogen-bond donors (Lipinski definition) is 1. The van der Waals surface area contributed by atoms with Crippen molar-refractivity contribution in [3.05, 3.63) is 34.9 Å². The highest BCUT2D eigenvalue weighted by molar-refractivity contribution is 6.20. The molecular weight excluding hydrogens is 230 g/mol. The number of aryl methyl sites for hydroxylation is 2. The summed E-state index contributed by atoms with van der Waals surface area (Å²) in [6.07, 6.45) is 4.76. The van der Waals surface area contributed by atoms with Crippen LogP contribution < -0.4 is 5.32 Å². The van der Waals surface area contributed by atoms with E-state index in [0.29, 0.717) is 11.4 Å². The molecule has 0 saturated heterocycles. The molecular formula is C15H22ClN. The molecule has 2 heteroatoms. The van der Waals surface area contributed by atoms with Gasteiger partial charge >= 0.3 is 0 Å². The van der Waals surface area contributed by atoms with Crippen molar-refractivity contribution in [2.24, 2.45) is 0 Å². The molecule has 1 fully saturated rings. The van der Waals surface area contributed by atoms with Gasteiger partial charge in [-0.1, -0.05) is 18.2 Å². The fourth-order valence-corrected chi connectivity index (χ4v) is 2.68. The molecule has 0 radical (unpaired) electrons. The molecule has 0 unspecified atom stereocenters. The first-order chi connectivity index (χ1) is 8.15. The van der Waals surface area contributed by atoms with Gasteiger partial charge in [-0.05, 0) is 56.2 Å². The summed E-state index contributed by atoms with van der Waals surface area (Å²) in [5, 5.41) is 4.06. The predicted molar refractivity (Wildman–Crippen MR) is 74.7 cm³/mol. The Labute approximate surface area is 110 Å². The first-order valence-electron chi connectivity index (χ1n) is 6.59. The lowest BCUT2D eigenvalue weighted by molar-refractivity contribution is 0.376. The molecule has 0 atom stereocenters. The van der Waals surface area contributed by atoms with Gasteiger partial charge in [0.1, 0.15) is 0 Å². The molecule has 0 aromatic heterocycles. The Morgan fingerprint density at radius 3 is 2.47 bits per heavy atom. The molecule has 0 bridgehead atoms. The zero-order chi connectivity index (χ0) is 12.3.